The van der Waals surface area contributed by atoms with Gasteiger partial charge in [-0.2, -0.15) is 0 Å². The fourth-order valence-corrected chi connectivity index (χ4v) is 7.69. The summed E-state index contributed by atoms with van der Waals surface area (Å²) in [5, 5.41) is 1.31. The minimum absolute atomic E-state index is 0.00819. The molecule has 3 aromatic carbocycles. The molecular formula is C32H30Cl2N2O3S. The summed E-state index contributed by atoms with van der Waals surface area (Å²) in [6, 6.07) is 25.2. The average Bonchev–Trinajstić information content (AvgIpc) is 2.93. The lowest BCUT2D eigenvalue weighted by molar-refractivity contribution is 0.0226. The van der Waals surface area contributed by atoms with Crippen LogP contribution in [-0.2, 0) is 27.8 Å². The Labute approximate surface area is 245 Å². The summed E-state index contributed by atoms with van der Waals surface area (Å²) in [4.78, 5) is 6.48. The van der Waals surface area contributed by atoms with Gasteiger partial charge in [0.1, 0.15) is 11.4 Å². The quantitative estimate of drug-likeness (QED) is 0.231. The maximum absolute atomic E-state index is 12.7. The molecule has 40 heavy (non-hydrogen) atoms. The Balaban J connectivity index is 1.10. The number of sulfone groups is 1. The van der Waals surface area contributed by atoms with Crippen molar-refractivity contribution in [3.05, 3.63) is 112 Å². The number of anilines is 1. The summed E-state index contributed by atoms with van der Waals surface area (Å²) >= 11 is 12.4. The third-order valence-electron chi connectivity index (χ3n) is 7.89. The van der Waals surface area contributed by atoms with E-state index in [-0.39, 0.29) is 17.1 Å². The van der Waals surface area contributed by atoms with Crippen molar-refractivity contribution >= 4 is 38.7 Å². The number of nitrogens with zero attached hydrogens (tertiary/aromatic N) is 2. The molecule has 5 nitrogen and oxygen atoms in total. The van der Waals surface area contributed by atoms with E-state index in [1.165, 1.54) is 5.56 Å². The van der Waals surface area contributed by atoms with Gasteiger partial charge in [0, 0.05) is 47.9 Å². The van der Waals surface area contributed by atoms with Gasteiger partial charge in [0.2, 0.25) is 0 Å². The number of rotatable bonds is 6. The van der Waals surface area contributed by atoms with Gasteiger partial charge in [-0.15, -0.1) is 0 Å². The highest BCUT2D eigenvalue weighted by Crippen LogP contribution is 2.42. The average molecular weight is 594 g/mol. The van der Waals surface area contributed by atoms with Crippen LogP contribution in [0.3, 0.4) is 0 Å². The summed E-state index contributed by atoms with van der Waals surface area (Å²) in [6.07, 6.45) is 5.47. The first-order valence-electron chi connectivity index (χ1n) is 13.5. The molecule has 1 spiro atoms. The number of benzene rings is 3. The monoisotopic (exact) mass is 592 g/mol. The van der Waals surface area contributed by atoms with Crippen LogP contribution in [0.2, 0.25) is 10.0 Å². The smallest absolute Gasteiger partial charge is 0.160 e. The fraction of sp³-hybridized carbons (Fsp3) is 0.281. The summed E-state index contributed by atoms with van der Waals surface area (Å²) in [6.45, 7) is 1.79. The Morgan fingerprint density at radius 3 is 2.25 bits per heavy atom. The molecule has 4 aromatic rings. The highest BCUT2D eigenvalue weighted by atomic mass is 35.5. The minimum atomic E-state index is -3.31. The Morgan fingerprint density at radius 2 is 1.55 bits per heavy atom. The Morgan fingerprint density at radius 1 is 0.825 bits per heavy atom. The SMILES string of the molecule is O=S(=O)(Cc1ccc(-c2ccc3c(c2)CCC2(CCN(c4cc(Cl)cc(Cl)c4)CC2)O3)cc1)Cc1ccccn1. The van der Waals surface area contributed by atoms with Crippen molar-refractivity contribution in [1.29, 1.82) is 0 Å². The van der Waals surface area contributed by atoms with Gasteiger partial charge in [-0.25, -0.2) is 8.42 Å². The highest BCUT2D eigenvalue weighted by Gasteiger charge is 2.39. The maximum Gasteiger partial charge on any atom is 0.160 e. The highest BCUT2D eigenvalue weighted by molar-refractivity contribution is 7.89. The lowest BCUT2D eigenvalue weighted by Crippen LogP contribution is -2.49. The Hall–Kier alpha value is -3.06. The second-order valence-corrected chi connectivity index (χ2v) is 13.7. The van der Waals surface area contributed by atoms with E-state index < -0.39 is 9.84 Å². The first-order valence-corrected chi connectivity index (χ1v) is 16.1. The van der Waals surface area contributed by atoms with Crippen LogP contribution in [0.4, 0.5) is 5.69 Å². The summed E-state index contributed by atoms with van der Waals surface area (Å²) in [5.74, 6) is 0.896. The third kappa shape index (κ3) is 6.14. The van der Waals surface area contributed by atoms with Gasteiger partial charge in [-0.05, 0) is 77.6 Å². The molecule has 2 aliphatic heterocycles. The Bertz CT molecular complexity index is 1600. The number of fused-ring (bicyclic) bond motifs is 1. The molecule has 0 unspecified atom stereocenters. The summed E-state index contributed by atoms with van der Waals surface area (Å²) in [7, 11) is -3.31. The lowest BCUT2D eigenvalue weighted by Gasteiger charge is -2.45. The van der Waals surface area contributed by atoms with E-state index in [1.807, 2.05) is 36.4 Å². The molecule has 0 aliphatic carbocycles. The molecule has 3 heterocycles. The van der Waals surface area contributed by atoms with Crippen LogP contribution in [0.15, 0.2) is 85.1 Å². The predicted octanol–water partition coefficient (Wildman–Crippen LogP) is 7.53. The lowest BCUT2D eigenvalue weighted by atomic mass is 9.82. The van der Waals surface area contributed by atoms with Crippen LogP contribution < -0.4 is 9.64 Å². The second-order valence-electron chi connectivity index (χ2n) is 10.8. The maximum atomic E-state index is 12.7. The molecule has 0 amide bonds. The van der Waals surface area contributed by atoms with Crippen LogP contribution in [0.1, 0.15) is 36.1 Å². The van der Waals surface area contributed by atoms with E-state index in [0.29, 0.717) is 15.7 Å². The number of hydrogen-bond acceptors (Lipinski definition) is 5. The molecule has 1 saturated heterocycles. The van der Waals surface area contributed by atoms with Gasteiger partial charge in [-0.3, -0.25) is 4.98 Å². The summed E-state index contributed by atoms with van der Waals surface area (Å²) in [5.41, 5.74) is 5.63. The predicted molar refractivity (Wildman–Crippen MR) is 162 cm³/mol. The number of ether oxygens (including phenoxy) is 1. The van der Waals surface area contributed by atoms with Crippen molar-refractivity contribution in [3.8, 4) is 16.9 Å². The zero-order chi connectivity index (χ0) is 27.7. The zero-order valence-corrected chi connectivity index (χ0v) is 24.4. The molecule has 206 valence electrons. The number of piperidine rings is 1. The van der Waals surface area contributed by atoms with Gasteiger partial charge in [0.15, 0.2) is 9.84 Å². The van der Waals surface area contributed by atoms with Crippen molar-refractivity contribution in [2.24, 2.45) is 0 Å². The molecule has 2 aliphatic rings. The molecule has 6 rings (SSSR count). The zero-order valence-electron chi connectivity index (χ0n) is 22.0. The number of pyridine rings is 1. The van der Waals surface area contributed by atoms with Crippen LogP contribution in [0.5, 0.6) is 5.75 Å². The van der Waals surface area contributed by atoms with Crippen molar-refractivity contribution in [2.45, 2.75) is 42.8 Å². The molecule has 0 radical (unpaired) electrons. The van der Waals surface area contributed by atoms with E-state index in [9.17, 15) is 8.42 Å². The number of aryl methyl sites for hydroxylation is 1. The first kappa shape index (κ1) is 27.1. The number of halogens is 2. The first-order chi connectivity index (χ1) is 19.3. The molecule has 8 heteroatoms. The largest absolute Gasteiger partial charge is 0.487 e. The number of aromatic nitrogens is 1. The molecule has 1 fully saturated rings. The third-order valence-corrected chi connectivity index (χ3v) is 9.84. The molecular weight excluding hydrogens is 563 g/mol. The van der Waals surface area contributed by atoms with Crippen LogP contribution >= 0.6 is 23.2 Å². The van der Waals surface area contributed by atoms with Crippen molar-refractivity contribution in [3.63, 3.8) is 0 Å². The van der Waals surface area contributed by atoms with E-state index in [1.54, 1.807) is 30.5 Å². The van der Waals surface area contributed by atoms with E-state index in [4.69, 9.17) is 27.9 Å². The van der Waals surface area contributed by atoms with Gasteiger partial charge < -0.3 is 9.64 Å². The molecule has 1 aromatic heterocycles. The van der Waals surface area contributed by atoms with Crippen LogP contribution in [0.25, 0.3) is 11.1 Å². The van der Waals surface area contributed by atoms with Gasteiger partial charge >= 0.3 is 0 Å². The molecule has 0 saturated carbocycles. The van der Waals surface area contributed by atoms with Gasteiger partial charge in [0.25, 0.3) is 0 Å². The summed E-state index contributed by atoms with van der Waals surface area (Å²) < 4.78 is 32.0. The fourth-order valence-electron chi connectivity index (χ4n) is 5.75. The topological polar surface area (TPSA) is 59.5 Å². The normalized spacial score (nSPS) is 16.4. The second kappa shape index (κ2) is 11.1. The van der Waals surface area contributed by atoms with E-state index >= 15 is 0 Å². The Kier molecular flexibility index (Phi) is 7.51. The minimum Gasteiger partial charge on any atom is -0.487 e. The molecule has 0 N–H and O–H groups in total. The van der Waals surface area contributed by atoms with Crippen LogP contribution in [-0.4, -0.2) is 32.1 Å². The molecule has 0 atom stereocenters. The van der Waals surface area contributed by atoms with Gasteiger partial charge in [0.05, 0.1) is 17.2 Å². The van der Waals surface area contributed by atoms with Crippen molar-refractivity contribution < 1.29 is 13.2 Å². The standard InChI is InChI=1S/C32H30Cl2N2O3S/c33-27-18-28(34)20-30(19-27)36-15-12-32(13-16-36)11-10-26-17-25(8-9-31(26)39-32)24-6-4-23(5-7-24)21-40(37,38)22-29-3-1-2-14-35-29/h1-9,14,17-20H,10-13,15-16,21-22H2. The van der Waals surface area contributed by atoms with Crippen molar-refractivity contribution in [2.75, 3.05) is 18.0 Å². The molecule has 0 bridgehead atoms. The van der Waals surface area contributed by atoms with E-state index in [0.717, 1.165) is 66.9 Å². The number of hydrogen-bond donors (Lipinski definition) is 0. The van der Waals surface area contributed by atoms with Crippen LogP contribution in [0, 0.1) is 0 Å². The van der Waals surface area contributed by atoms with E-state index in [2.05, 4.69) is 28.1 Å². The van der Waals surface area contributed by atoms with Crippen molar-refractivity contribution in [1.82, 2.24) is 4.98 Å². The van der Waals surface area contributed by atoms with Gasteiger partial charge in [-0.1, -0.05) is 59.6 Å².